The molecule has 12 rings (SSSR count). The van der Waals surface area contributed by atoms with E-state index in [4.69, 9.17) is 15.0 Å². The van der Waals surface area contributed by atoms with Crippen LogP contribution in [0.5, 0.6) is 0 Å². The molecule has 0 unspecified atom stereocenters. The van der Waals surface area contributed by atoms with E-state index in [2.05, 4.69) is 197 Å². The maximum Gasteiger partial charge on any atom is 0.164 e. The summed E-state index contributed by atoms with van der Waals surface area (Å²) >= 11 is 1.84. The molecule has 0 spiro atoms. The molecule has 5 nitrogen and oxygen atoms in total. The van der Waals surface area contributed by atoms with Crippen molar-refractivity contribution in [3.05, 3.63) is 200 Å². The van der Waals surface area contributed by atoms with Gasteiger partial charge in [-0.1, -0.05) is 163 Å². The molecule has 1 aliphatic rings. The van der Waals surface area contributed by atoms with Crippen molar-refractivity contribution in [2.75, 3.05) is 0 Å². The fraction of sp³-hybridized carbons (Fsp3) is 0. The minimum Gasteiger partial charge on any atom is -0.295 e. The van der Waals surface area contributed by atoms with Gasteiger partial charge in [0.05, 0.1) is 16.7 Å². The zero-order chi connectivity index (χ0) is 38.9. The van der Waals surface area contributed by atoms with E-state index >= 15 is 0 Å². The van der Waals surface area contributed by atoms with Gasteiger partial charge in [0.15, 0.2) is 17.5 Å². The number of para-hydroxylation sites is 3. The van der Waals surface area contributed by atoms with Gasteiger partial charge in [-0.2, -0.15) is 0 Å². The number of hydrogen-bond donors (Lipinski definition) is 0. The molecular formula is C53H33N5S. The fourth-order valence-corrected chi connectivity index (χ4v) is 9.70. The summed E-state index contributed by atoms with van der Waals surface area (Å²) in [6.07, 6.45) is 0. The number of rotatable bonds is 6. The van der Waals surface area contributed by atoms with E-state index in [1.807, 2.05) is 23.9 Å². The molecule has 0 saturated heterocycles. The first-order valence-corrected chi connectivity index (χ1v) is 20.6. The molecule has 11 aromatic rings. The fourth-order valence-electron chi connectivity index (χ4n) is 8.60. The van der Waals surface area contributed by atoms with Crippen LogP contribution in [0.3, 0.4) is 0 Å². The lowest BCUT2D eigenvalue weighted by atomic mass is 10.0. The molecule has 0 bridgehead atoms. The SMILES string of the molecule is c1ccc(-c2ccc(-c3nc(-c4ccc(-c5ccccc5)cc4)nc(-c4ccc5c(c4)c4c6cccc7c6n(c4n5-c4ccccc4)-c4ccccc4S7)n3)cc2)cc1. The maximum absolute atomic E-state index is 5.22. The number of aromatic nitrogens is 5. The van der Waals surface area contributed by atoms with Crippen LogP contribution in [-0.4, -0.2) is 24.1 Å². The third kappa shape index (κ3) is 5.52. The Hall–Kier alpha value is -7.54. The summed E-state index contributed by atoms with van der Waals surface area (Å²) in [6.45, 7) is 0. The minimum absolute atomic E-state index is 0.626. The van der Waals surface area contributed by atoms with E-state index in [-0.39, 0.29) is 0 Å². The molecule has 6 heteroatoms. The van der Waals surface area contributed by atoms with Gasteiger partial charge >= 0.3 is 0 Å². The van der Waals surface area contributed by atoms with Crippen LogP contribution in [0.25, 0.3) is 101 Å². The Bertz CT molecular complexity index is 3270. The quantitative estimate of drug-likeness (QED) is 0.169. The van der Waals surface area contributed by atoms with Crippen molar-refractivity contribution in [3.63, 3.8) is 0 Å². The average Bonchev–Trinajstić information content (AvgIpc) is 3.83. The second-order valence-corrected chi connectivity index (χ2v) is 15.9. The first kappa shape index (κ1) is 33.6. The summed E-state index contributed by atoms with van der Waals surface area (Å²) < 4.78 is 4.88. The number of benzene rings is 8. The van der Waals surface area contributed by atoms with Gasteiger partial charge < -0.3 is 0 Å². The average molecular weight is 772 g/mol. The molecular weight excluding hydrogens is 739 g/mol. The molecule has 0 N–H and O–H groups in total. The van der Waals surface area contributed by atoms with Crippen LogP contribution in [0.4, 0.5) is 0 Å². The molecule has 3 aromatic heterocycles. The molecule has 0 amide bonds. The van der Waals surface area contributed by atoms with Gasteiger partial charge in [-0.3, -0.25) is 9.13 Å². The molecule has 8 aromatic carbocycles. The number of fused-ring (bicyclic) bond motifs is 7. The van der Waals surface area contributed by atoms with Crippen molar-refractivity contribution in [3.8, 4) is 67.8 Å². The van der Waals surface area contributed by atoms with Gasteiger partial charge in [0, 0.05) is 48.3 Å². The van der Waals surface area contributed by atoms with Crippen molar-refractivity contribution in [1.29, 1.82) is 0 Å². The molecule has 0 fully saturated rings. The van der Waals surface area contributed by atoms with E-state index in [0.29, 0.717) is 17.5 Å². The maximum atomic E-state index is 5.22. The van der Waals surface area contributed by atoms with Crippen molar-refractivity contribution >= 4 is 44.6 Å². The van der Waals surface area contributed by atoms with Crippen LogP contribution in [0, 0.1) is 0 Å². The zero-order valence-corrected chi connectivity index (χ0v) is 32.5. The largest absolute Gasteiger partial charge is 0.295 e. The smallest absolute Gasteiger partial charge is 0.164 e. The zero-order valence-electron chi connectivity index (χ0n) is 31.7. The normalized spacial score (nSPS) is 12.0. The molecule has 0 atom stereocenters. The third-order valence-corrected chi connectivity index (χ3v) is 12.5. The second-order valence-electron chi connectivity index (χ2n) is 14.9. The Morgan fingerprint density at radius 2 is 0.847 bits per heavy atom. The lowest BCUT2D eigenvalue weighted by Crippen LogP contribution is -2.05. The van der Waals surface area contributed by atoms with Crippen LogP contribution >= 0.6 is 11.8 Å². The summed E-state index contributed by atoms with van der Waals surface area (Å²) in [4.78, 5) is 18.1. The first-order valence-electron chi connectivity index (χ1n) is 19.8. The predicted molar refractivity (Wildman–Crippen MR) is 242 cm³/mol. The lowest BCUT2D eigenvalue weighted by Gasteiger charge is -2.21. The molecule has 0 aliphatic carbocycles. The van der Waals surface area contributed by atoms with Gasteiger partial charge in [0.2, 0.25) is 0 Å². The molecule has 1 aliphatic heterocycles. The first-order chi connectivity index (χ1) is 29.2. The molecule has 276 valence electrons. The van der Waals surface area contributed by atoms with Gasteiger partial charge in [-0.25, -0.2) is 15.0 Å². The monoisotopic (exact) mass is 771 g/mol. The summed E-state index contributed by atoms with van der Waals surface area (Å²) in [5.41, 5.74) is 13.2. The van der Waals surface area contributed by atoms with Crippen molar-refractivity contribution < 1.29 is 0 Å². The minimum atomic E-state index is 0.626. The van der Waals surface area contributed by atoms with Gasteiger partial charge in [0.1, 0.15) is 5.65 Å². The molecule has 59 heavy (non-hydrogen) atoms. The van der Waals surface area contributed by atoms with Crippen LogP contribution < -0.4 is 0 Å². The van der Waals surface area contributed by atoms with E-state index in [1.54, 1.807) is 0 Å². The standard InChI is InChI=1S/C53H33N5S/c1-4-13-34(14-5-1)36-23-27-38(28-24-36)50-54-51(39-29-25-37(26-30-39)35-15-6-2-7-16-35)56-52(55-50)40-31-32-44-43(33-40)48-42-19-12-22-47-49(42)58(45-20-10-11-21-46(45)59-47)53(48)57(44)41-17-8-3-9-18-41/h1-33H. The van der Waals surface area contributed by atoms with Gasteiger partial charge in [-0.15, -0.1) is 0 Å². The summed E-state index contributed by atoms with van der Waals surface area (Å²) in [6, 6.07) is 70.7. The van der Waals surface area contributed by atoms with Gasteiger partial charge in [-0.05, 0) is 70.8 Å². The van der Waals surface area contributed by atoms with Crippen LogP contribution in [0.2, 0.25) is 0 Å². The Morgan fingerprint density at radius 1 is 0.356 bits per heavy atom. The van der Waals surface area contributed by atoms with Crippen molar-refractivity contribution in [2.24, 2.45) is 0 Å². The van der Waals surface area contributed by atoms with Crippen LogP contribution in [0.1, 0.15) is 0 Å². The Balaban J connectivity index is 1.08. The highest BCUT2D eigenvalue weighted by Gasteiger charge is 2.28. The van der Waals surface area contributed by atoms with E-state index in [9.17, 15) is 0 Å². The van der Waals surface area contributed by atoms with E-state index in [0.717, 1.165) is 50.1 Å². The van der Waals surface area contributed by atoms with Crippen molar-refractivity contribution in [2.45, 2.75) is 9.79 Å². The summed E-state index contributed by atoms with van der Waals surface area (Å²) in [5, 5.41) is 3.59. The van der Waals surface area contributed by atoms with Crippen molar-refractivity contribution in [1.82, 2.24) is 24.1 Å². The second kappa shape index (κ2) is 13.5. The summed E-state index contributed by atoms with van der Waals surface area (Å²) in [7, 11) is 0. The highest BCUT2D eigenvalue weighted by molar-refractivity contribution is 7.99. The predicted octanol–water partition coefficient (Wildman–Crippen LogP) is 13.7. The van der Waals surface area contributed by atoms with E-state index < -0.39 is 0 Å². The molecule has 4 heterocycles. The Morgan fingerprint density at radius 3 is 1.47 bits per heavy atom. The lowest BCUT2D eigenvalue weighted by molar-refractivity contribution is 1.03. The Kier molecular flexibility index (Phi) is 7.71. The molecule has 0 saturated carbocycles. The highest BCUT2D eigenvalue weighted by Crippen LogP contribution is 2.49. The Labute approximate surface area is 344 Å². The van der Waals surface area contributed by atoms with Crippen LogP contribution in [0.15, 0.2) is 210 Å². The molecule has 0 radical (unpaired) electrons. The van der Waals surface area contributed by atoms with E-state index in [1.165, 1.54) is 42.9 Å². The van der Waals surface area contributed by atoms with Crippen LogP contribution in [-0.2, 0) is 0 Å². The topological polar surface area (TPSA) is 48.5 Å². The third-order valence-electron chi connectivity index (χ3n) is 11.4. The number of hydrogen-bond acceptors (Lipinski definition) is 4. The highest BCUT2D eigenvalue weighted by atomic mass is 32.2. The summed E-state index contributed by atoms with van der Waals surface area (Å²) in [5.74, 6) is 1.88. The van der Waals surface area contributed by atoms with Gasteiger partial charge in [0.25, 0.3) is 0 Å². The number of nitrogens with zero attached hydrogens (tertiary/aromatic N) is 5.